The first-order valence-corrected chi connectivity index (χ1v) is 9.74. The summed E-state index contributed by atoms with van der Waals surface area (Å²) < 4.78 is 5.83. The molecule has 6 nitrogen and oxygen atoms in total. The number of carbonyl (C=O) groups excluding carboxylic acids is 1. The van der Waals surface area contributed by atoms with Crippen molar-refractivity contribution in [3.8, 4) is 0 Å². The number of aromatic amines is 1. The number of carbonyl (C=O) groups is 1. The molecular weight excluding hydrogens is 316 g/mol. The maximum Gasteiger partial charge on any atom is 0.225 e. The van der Waals surface area contributed by atoms with Crippen molar-refractivity contribution < 1.29 is 9.53 Å². The molecule has 0 bridgehead atoms. The second kappa shape index (κ2) is 8.32. The molecule has 3 heterocycles. The number of hydrogen-bond acceptors (Lipinski definition) is 4. The Morgan fingerprint density at radius 3 is 2.80 bits per heavy atom. The molecule has 1 atom stereocenters. The highest BCUT2D eigenvalue weighted by Gasteiger charge is 2.29. The van der Waals surface area contributed by atoms with E-state index in [1.54, 1.807) is 0 Å². The van der Waals surface area contributed by atoms with Crippen LogP contribution in [0.25, 0.3) is 0 Å². The number of likely N-dealkylation sites (tertiary alicyclic amines) is 1. The summed E-state index contributed by atoms with van der Waals surface area (Å²) in [5.74, 6) is 0.748. The van der Waals surface area contributed by atoms with Crippen LogP contribution in [0.3, 0.4) is 0 Å². The number of rotatable bonds is 5. The van der Waals surface area contributed by atoms with Crippen molar-refractivity contribution in [2.45, 2.75) is 64.5 Å². The van der Waals surface area contributed by atoms with Gasteiger partial charge in [0.25, 0.3) is 0 Å². The average molecular weight is 348 g/mol. The number of aryl methyl sites for hydroxylation is 1. The molecule has 6 heteroatoms. The molecule has 1 aromatic heterocycles. The Bertz CT molecular complexity index is 564. The van der Waals surface area contributed by atoms with Crippen molar-refractivity contribution in [2.24, 2.45) is 0 Å². The fraction of sp³-hybridized carbons (Fsp3) is 0.789. The van der Waals surface area contributed by atoms with E-state index in [-0.39, 0.29) is 12.0 Å². The van der Waals surface area contributed by atoms with Crippen LogP contribution in [0.4, 0.5) is 0 Å². The molecule has 2 aliphatic heterocycles. The van der Waals surface area contributed by atoms with Gasteiger partial charge in [-0.15, -0.1) is 0 Å². The number of piperidine rings is 1. The molecule has 2 aliphatic rings. The molecular formula is C19H32N4O2. The van der Waals surface area contributed by atoms with Gasteiger partial charge in [0.2, 0.25) is 5.91 Å². The fourth-order valence-electron chi connectivity index (χ4n) is 4.03. The third kappa shape index (κ3) is 4.42. The Morgan fingerprint density at radius 2 is 2.12 bits per heavy atom. The van der Waals surface area contributed by atoms with E-state index < -0.39 is 0 Å². The Balaban J connectivity index is 1.48. The van der Waals surface area contributed by atoms with Crippen LogP contribution < -0.4 is 0 Å². The van der Waals surface area contributed by atoms with E-state index in [1.807, 2.05) is 11.1 Å². The van der Waals surface area contributed by atoms with E-state index in [2.05, 4.69) is 35.9 Å². The number of morpholine rings is 1. The van der Waals surface area contributed by atoms with E-state index in [1.165, 1.54) is 11.3 Å². The Labute approximate surface area is 150 Å². The van der Waals surface area contributed by atoms with E-state index in [0.717, 1.165) is 52.0 Å². The molecule has 0 aliphatic carbocycles. The summed E-state index contributed by atoms with van der Waals surface area (Å²) in [5, 5.41) is 7.37. The van der Waals surface area contributed by atoms with Crippen LogP contribution in [0.5, 0.6) is 0 Å². The van der Waals surface area contributed by atoms with Crippen LogP contribution in [0.15, 0.2) is 6.20 Å². The topological polar surface area (TPSA) is 61.5 Å². The van der Waals surface area contributed by atoms with Gasteiger partial charge in [0.15, 0.2) is 0 Å². The molecule has 0 unspecified atom stereocenters. The van der Waals surface area contributed by atoms with E-state index in [0.29, 0.717) is 18.4 Å². The summed E-state index contributed by atoms with van der Waals surface area (Å²) in [5.41, 5.74) is 2.59. The summed E-state index contributed by atoms with van der Waals surface area (Å²) in [7, 11) is 0. The monoisotopic (exact) mass is 348 g/mol. The lowest BCUT2D eigenvalue weighted by Crippen LogP contribution is -2.48. The van der Waals surface area contributed by atoms with Crippen LogP contribution in [0.1, 0.15) is 57.2 Å². The van der Waals surface area contributed by atoms with Gasteiger partial charge in [0.1, 0.15) is 0 Å². The highest BCUT2D eigenvalue weighted by atomic mass is 16.5. The zero-order valence-corrected chi connectivity index (χ0v) is 15.8. The predicted molar refractivity (Wildman–Crippen MR) is 97.6 cm³/mol. The second-order valence-electron chi connectivity index (χ2n) is 7.60. The molecule has 140 valence electrons. The van der Waals surface area contributed by atoms with Gasteiger partial charge in [-0.1, -0.05) is 6.92 Å². The summed E-state index contributed by atoms with van der Waals surface area (Å²) in [6.07, 6.45) is 5.54. The molecule has 1 aromatic rings. The minimum Gasteiger partial charge on any atom is -0.375 e. The van der Waals surface area contributed by atoms with Crippen LogP contribution in [-0.2, 0) is 16.0 Å². The third-order valence-electron chi connectivity index (χ3n) is 5.69. The number of nitrogens with one attached hydrogen (secondary N) is 1. The Morgan fingerprint density at radius 1 is 1.36 bits per heavy atom. The van der Waals surface area contributed by atoms with Gasteiger partial charge in [-0.3, -0.25) is 14.8 Å². The predicted octanol–water partition coefficient (Wildman–Crippen LogP) is 2.18. The first-order chi connectivity index (χ1) is 12.1. The molecule has 3 rings (SSSR count). The van der Waals surface area contributed by atoms with Crippen LogP contribution in [0.2, 0.25) is 0 Å². The van der Waals surface area contributed by atoms with E-state index >= 15 is 0 Å². The van der Waals surface area contributed by atoms with E-state index in [4.69, 9.17) is 4.74 Å². The lowest BCUT2D eigenvalue weighted by molar-refractivity contribution is -0.137. The molecule has 0 spiro atoms. The van der Waals surface area contributed by atoms with Gasteiger partial charge in [0, 0.05) is 43.8 Å². The fourth-order valence-corrected chi connectivity index (χ4v) is 4.03. The number of hydrogen-bond donors (Lipinski definition) is 1. The molecule has 0 aromatic carbocycles. The molecule has 25 heavy (non-hydrogen) atoms. The quantitative estimate of drug-likeness (QED) is 0.886. The van der Waals surface area contributed by atoms with Crippen LogP contribution in [-0.4, -0.2) is 70.8 Å². The van der Waals surface area contributed by atoms with Crippen molar-refractivity contribution in [1.29, 1.82) is 0 Å². The maximum absolute atomic E-state index is 12.7. The molecule has 1 amide bonds. The summed E-state index contributed by atoms with van der Waals surface area (Å²) >= 11 is 0. The average Bonchev–Trinajstić information content (AvgIpc) is 3.10. The summed E-state index contributed by atoms with van der Waals surface area (Å²) in [6, 6.07) is 0.513. The van der Waals surface area contributed by atoms with Crippen molar-refractivity contribution in [3.05, 3.63) is 17.5 Å². The van der Waals surface area contributed by atoms with Gasteiger partial charge in [-0.05, 0) is 38.7 Å². The normalized spacial score (nSPS) is 23.4. The molecule has 1 N–H and O–H groups in total. The van der Waals surface area contributed by atoms with Crippen LogP contribution in [0, 0.1) is 0 Å². The van der Waals surface area contributed by atoms with Gasteiger partial charge < -0.3 is 9.64 Å². The smallest absolute Gasteiger partial charge is 0.225 e. The minimum atomic E-state index is 0.0423. The third-order valence-corrected chi connectivity index (χ3v) is 5.69. The first-order valence-electron chi connectivity index (χ1n) is 9.74. The number of aromatic nitrogens is 2. The number of ether oxygens (including phenoxy) is 1. The van der Waals surface area contributed by atoms with Crippen molar-refractivity contribution in [2.75, 3.05) is 32.8 Å². The number of amides is 1. The summed E-state index contributed by atoms with van der Waals surface area (Å²) in [4.78, 5) is 17.1. The van der Waals surface area contributed by atoms with Crippen LogP contribution >= 0.6 is 0 Å². The molecule has 2 fully saturated rings. The second-order valence-corrected chi connectivity index (χ2v) is 7.60. The van der Waals surface area contributed by atoms with Crippen molar-refractivity contribution in [1.82, 2.24) is 20.0 Å². The van der Waals surface area contributed by atoms with E-state index in [9.17, 15) is 4.79 Å². The maximum atomic E-state index is 12.7. The molecule has 2 saturated heterocycles. The molecule has 0 radical (unpaired) electrons. The number of H-pyrrole nitrogens is 1. The SMILES string of the molecule is CCc1cn[nH]c1C1CCN(C(=O)C[C@@H]2CN(C(C)C)CCO2)CC1. The Hall–Kier alpha value is -1.40. The van der Waals surface area contributed by atoms with Gasteiger partial charge in [-0.2, -0.15) is 5.10 Å². The van der Waals surface area contributed by atoms with Gasteiger partial charge in [0.05, 0.1) is 25.3 Å². The largest absolute Gasteiger partial charge is 0.375 e. The van der Waals surface area contributed by atoms with Crippen molar-refractivity contribution >= 4 is 5.91 Å². The van der Waals surface area contributed by atoms with Gasteiger partial charge in [-0.25, -0.2) is 0 Å². The summed E-state index contributed by atoms with van der Waals surface area (Å²) in [6.45, 7) is 10.8. The first kappa shape index (κ1) is 18.4. The lowest BCUT2D eigenvalue weighted by atomic mass is 9.90. The molecule has 0 saturated carbocycles. The highest BCUT2D eigenvalue weighted by Crippen LogP contribution is 2.29. The Kier molecular flexibility index (Phi) is 6.12. The van der Waals surface area contributed by atoms with Gasteiger partial charge >= 0.3 is 0 Å². The van der Waals surface area contributed by atoms with Crippen molar-refractivity contribution in [3.63, 3.8) is 0 Å². The standard InChI is InChI=1S/C19H32N4O2/c1-4-15-12-20-21-19(15)16-5-7-22(8-6-16)18(24)11-17-13-23(14(2)3)9-10-25-17/h12,14,16-17H,4-11,13H2,1-3H3,(H,20,21)/t17-/m1/s1. The number of nitrogens with zero attached hydrogens (tertiary/aromatic N) is 3. The zero-order valence-electron chi connectivity index (χ0n) is 15.8. The zero-order chi connectivity index (χ0) is 17.8. The minimum absolute atomic E-state index is 0.0423. The lowest BCUT2D eigenvalue weighted by Gasteiger charge is -2.37. The highest BCUT2D eigenvalue weighted by molar-refractivity contribution is 5.76.